The SMILES string of the molecule is COc1cc(C(=O)N(C)C)ccc1-c1cc2nccc(-c3ccc(OCC4CCN(C(=O)OC(C)(C)C)C4)c(C#N)c3)c2o1. The van der Waals surface area contributed by atoms with Crippen LogP contribution >= 0.6 is 0 Å². The Labute approximate surface area is 256 Å². The molecule has 1 aliphatic heterocycles. The first-order valence-corrected chi connectivity index (χ1v) is 14.4. The molecule has 0 aliphatic carbocycles. The molecule has 228 valence electrons. The number of rotatable bonds is 7. The number of hydrogen-bond acceptors (Lipinski definition) is 8. The Bertz CT molecular complexity index is 1750. The number of benzene rings is 2. The minimum Gasteiger partial charge on any atom is -0.496 e. The maximum atomic E-state index is 12.5. The highest BCUT2D eigenvalue weighted by Gasteiger charge is 2.30. The van der Waals surface area contributed by atoms with Gasteiger partial charge in [-0.15, -0.1) is 0 Å². The van der Waals surface area contributed by atoms with Gasteiger partial charge in [-0.1, -0.05) is 6.07 Å². The highest BCUT2D eigenvalue weighted by Crippen LogP contribution is 2.38. The van der Waals surface area contributed by atoms with Crippen LogP contribution in [0.15, 0.2) is 59.1 Å². The Balaban J connectivity index is 1.35. The number of aromatic nitrogens is 1. The van der Waals surface area contributed by atoms with Crippen LogP contribution < -0.4 is 9.47 Å². The zero-order chi connectivity index (χ0) is 31.6. The molecule has 2 amide bonds. The fraction of sp³-hybridized carbons (Fsp3) is 0.353. The highest BCUT2D eigenvalue weighted by atomic mass is 16.6. The molecule has 1 unspecified atom stereocenters. The number of hydrogen-bond donors (Lipinski definition) is 0. The van der Waals surface area contributed by atoms with Gasteiger partial charge in [0.1, 0.15) is 34.4 Å². The van der Waals surface area contributed by atoms with Crippen LogP contribution in [-0.2, 0) is 4.74 Å². The van der Waals surface area contributed by atoms with Crippen molar-refractivity contribution in [2.45, 2.75) is 32.8 Å². The van der Waals surface area contributed by atoms with Crippen molar-refractivity contribution in [3.8, 4) is 40.0 Å². The summed E-state index contributed by atoms with van der Waals surface area (Å²) in [5.41, 5.74) is 3.79. The molecule has 0 saturated carbocycles. The molecule has 44 heavy (non-hydrogen) atoms. The summed E-state index contributed by atoms with van der Waals surface area (Å²) in [6, 6.07) is 16.6. The van der Waals surface area contributed by atoms with E-state index in [4.69, 9.17) is 18.6 Å². The predicted molar refractivity (Wildman–Crippen MR) is 166 cm³/mol. The smallest absolute Gasteiger partial charge is 0.410 e. The third kappa shape index (κ3) is 6.47. The van der Waals surface area contributed by atoms with E-state index < -0.39 is 5.60 Å². The van der Waals surface area contributed by atoms with E-state index in [1.165, 1.54) is 4.90 Å². The molecule has 4 aromatic rings. The molecule has 0 bridgehead atoms. The molecular formula is C34H36N4O6. The van der Waals surface area contributed by atoms with Gasteiger partial charge in [0.25, 0.3) is 5.91 Å². The molecule has 5 rings (SSSR count). The molecule has 0 N–H and O–H groups in total. The van der Waals surface area contributed by atoms with Crippen LogP contribution in [0.3, 0.4) is 0 Å². The van der Waals surface area contributed by atoms with Gasteiger partial charge in [-0.05, 0) is 69.2 Å². The summed E-state index contributed by atoms with van der Waals surface area (Å²) < 4.78 is 23.5. The second kappa shape index (κ2) is 12.3. The van der Waals surface area contributed by atoms with Crippen LogP contribution in [0.25, 0.3) is 33.6 Å². The predicted octanol–water partition coefficient (Wildman–Crippen LogP) is 6.38. The fourth-order valence-electron chi connectivity index (χ4n) is 5.16. The number of carbonyl (C=O) groups is 2. The molecule has 3 heterocycles. The van der Waals surface area contributed by atoms with Crippen LogP contribution in [0.5, 0.6) is 11.5 Å². The standard InChI is InChI=1S/C34H36N4O6/c1-34(2,3)44-33(40)38-14-12-21(19-38)20-42-28-10-8-22(15-24(28)18-35)25-11-13-36-27-17-30(43-31(25)27)26-9-7-23(16-29(26)41-6)32(39)37(4)5/h7-11,13,15-17,21H,12,14,19-20H2,1-6H3. The van der Waals surface area contributed by atoms with Crippen molar-refractivity contribution in [1.29, 1.82) is 5.26 Å². The van der Waals surface area contributed by atoms with E-state index in [-0.39, 0.29) is 17.9 Å². The molecule has 10 heteroatoms. The first kappa shape index (κ1) is 30.4. The Morgan fingerprint density at radius 2 is 1.89 bits per heavy atom. The number of carbonyl (C=O) groups excluding carboxylic acids is 2. The lowest BCUT2D eigenvalue weighted by atomic mass is 10.0. The van der Waals surface area contributed by atoms with E-state index in [1.54, 1.807) is 62.6 Å². The Morgan fingerprint density at radius 1 is 1.09 bits per heavy atom. The van der Waals surface area contributed by atoms with Crippen LogP contribution in [0, 0.1) is 17.2 Å². The molecule has 1 aliphatic rings. The molecule has 0 radical (unpaired) electrons. The van der Waals surface area contributed by atoms with Gasteiger partial charge in [-0.25, -0.2) is 4.79 Å². The van der Waals surface area contributed by atoms with E-state index >= 15 is 0 Å². The molecule has 1 fully saturated rings. The quantitative estimate of drug-likeness (QED) is 0.241. The Morgan fingerprint density at radius 3 is 2.59 bits per heavy atom. The van der Waals surface area contributed by atoms with Gasteiger partial charge in [0, 0.05) is 56.5 Å². The molecular weight excluding hydrogens is 560 g/mol. The summed E-state index contributed by atoms with van der Waals surface area (Å²) in [6.45, 7) is 7.09. The monoisotopic (exact) mass is 596 g/mol. The summed E-state index contributed by atoms with van der Waals surface area (Å²) in [7, 11) is 4.94. The first-order chi connectivity index (χ1) is 21.0. The zero-order valence-electron chi connectivity index (χ0n) is 25.8. The average molecular weight is 597 g/mol. The molecule has 1 atom stereocenters. The van der Waals surface area contributed by atoms with Gasteiger partial charge >= 0.3 is 6.09 Å². The number of amides is 2. The van der Waals surface area contributed by atoms with Crippen molar-refractivity contribution in [2.75, 3.05) is 40.9 Å². The van der Waals surface area contributed by atoms with Gasteiger partial charge in [0.15, 0.2) is 5.58 Å². The lowest BCUT2D eigenvalue weighted by molar-refractivity contribution is 0.0284. The normalized spacial score (nSPS) is 14.8. The van der Waals surface area contributed by atoms with Crippen molar-refractivity contribution in [3.05, 3.63) is 65.9 Å². The number of furan rings is 1. The third-order valence-corrected chi connectivity index (χ3v) is 7.36. The number of nitrogens with zero attached hydrogens (tertiary/aromatic N) is 4. The van der Waals surface area contributed by atoms with Crippen LogP contribution in [0.4, 0.5) is 4.79 Å². The number of ether oxygens (including phenoxy) is 3. The maximum Gasteiger partial charge on any atom is 0.410 e. The number of fused-ring (bicyclic) bond motifs is 1. The van der Waals surface area contributed by atoms with Crippen LogP contribution in [0.2, 0.25) is 0 Å². The van der Waals surface area contributed by atoms with Crippen molar-refractivity contribution < 1.29 is 28.2 Å². The lowest BCUT2D eigenvalue weighted by Crippen LogP contribution is -2.35. The highest BCUT2D eigenvalue weighted by molar-refractivity contribution is 5.96. The van der Waals surface area contributed by atoms with Gasteiger partial charge in [-0.2, -0.15) is 5.26 Å². The van der Waals surface area contributed by atoms with Crippen LogP contribution in [-0.4, -0.2) is 73.3 Å². The Kier molecular flexibility index (Phi) is 8.50. The second-order valence-corrected chi connectivity index (χ2v) is 12.0. The Hall–Kier alpha value is -5.04. The lowest BCUT2D eigenvalue weighted by Gasteiger charge is -2.24. The molecule has 10 nitrogen and oxygen atoms in total. The summed E-state index contributed by atoms with van der Waals surface area (Å²) in [5.74, 6) is 1.54. The largest absolute Gasteiger partial charge is 0.496 e. The molecule has 0 spiro atoms. The summed E-state index contributed by atoms with van der Waals surface area (Å²) >= 11 is 0. The maximum absolute atomic E-state index is 12.5. The van der Waals surface area contributed by atoms with Crippen LogP contribution in [0.1, 0.15) is 43.1 Å². The summed E-state index contributed by atoms with van der Waals surface area (Å²) in [4.78, 5) is 32.6. The molecule has 1 saturated heterocycles. The fourth-order valence-corrected chi connectivity index (χ4v) is 5.16. The zero-order valence-corrected chi connectivity index (χ0v) is 25.8. The number of likely N-dealkylation sites (tertiary alicyclic amines) is 1. The van der Waals surface area contributed by atoms with Gasteiger partial charge in [-0.3, -0.25) is 9.78 Å². The van der Waals surface area contributed by atoms with Gasteiger partial charge in [0.2, 0.25) is 0 Å². The van der Waals surface area contributed by atoms with Crippen molar-refractivity contribution in [1.82, 2.24) is 14.8 Å². The number of nitriles is 1. The summed E-state index contributed by atoms with van der Waals surface area (Å²) in [6.07, 6.45) is 2.18. The van der Waals surface area contributed by atoms with Crippen molar-refractivity contribution in [2.24, 2.45) is 5.92 Å². The minimum absolute atomic E-state index is 0.129. The second-order valence-electron chi connectivity index (χ2n) is 12.0. The number of methoxy groups -OCH3 is 1. The van der Waals surface area contributed by atoms with Crippen molar-refractivity contribution >= 4 is 23.1 Å². The van der Waals surface area contributed by atoms with E-state index in [0.717, 1.165) is 17.5 Å². The van der Waals surface area contributed by atoms with E-state index in [2.05, 4.69) is 11.1 Å². The molecule has 2 aromatic heterocycles. The summed E-state index contributed by atoms with van der Waals surface area (Å²) in [5, 5.41) is 9.95. The van der Waals surface area contributed by atoms with E-state index in [9.17, 15) is 14.9 Å². The van der Waals surface area contributed by atoms with Gasteiger partial charge < -0.3 is 28.4 Å². The van der Waals surface area contributed by atoms with Gasteiger partial charge in [0.05, 0.1) is 24.8 Å². The van der Waals surface area contributed by atoms with E-state index in [0.29, 0.717) is 64.7 Å². The third-order valence-electron chi connectivity index (χ3n) is 7.36. The topological polar surface area (TPSA) is 118 Å². The number of pyridine rings is 1. The first-order valence-electron chi connectivity index (χ1n) is 14.4. The minimum atomic E-state index is -0.543. The van der Waals surface area contributed by atoms with E-state index in [1.807, 2.05) is 39.0 Å². The molecule has 2 aromatic carbocycles. The average Bonchev–Trinajstić information content (AvgIpc) is 3.66. The van der Waals surface area contributed by atoms with Crippen molar-refractivity contribution in [3.63, 3.8) is 0 Å².